The van der Waals surface area contributed by atoms with Crippen LogP contribution in [0.3, 0.4) is 0 Å². The van der Waals surface area contributed by atoms with E-state index in [0.717, 1.165) is 10.4 Å². The van der Waals surface area contributed by atoms with E-state index in [0.29, 0.717) is 11.3 Å². The van der Waals surface area contributed by atoms with Gasteiger partial charge >= 0.3 is 0 Å². The van der Waals surface area contributed by atoms with Crippen LogP contribution in [-0.2, 0) is 10.0 Å². The first-order chi connectivity index (χ1) is 9.45. The van der Waals surface area contributed by atoms with E-state index in [4.69, 9.17) is 5.26 Å². The molecule has 0 amide bonds. The van der Waals surface area contributed by atoms with Gasteiger partial charge in [-0.1, -0.05) is 12.1 Å². The molecule has 0 fully saturated rings. The van der Waals surface area contributed by atoms with Crippen LogP contribution in [0.15, 0.2) is 53.4 Å². The van der Waals surface area contributed by atoms with Gasteiger partial charge in [0.2, 0.25) is 0 Å². The van der Waals surface area contributed by atoms with E-state index in [1.54, 1.807) is 18.2 Å². The van der Waals surface area contributed by atoms with Gasteiger partial charge in [-0.15, -0.1) is 0 Å². The third kappa shape index (κ3) is 2.63. The largest absolute Gasteiger partial charge is 0.269 e. The number of rotatable bonds is 3. The molecule has 0 unspecified atom stereocenters. The average Bonchev–Trinajstić information content (AvgIpc) is 2.46. The molecule has 0 bridgehead atoms. The predicted octanol–water partition coefficient (Wildman–Crippen LogP) is 2.52. The lowest BCUT2D eigenvalue weighted by Gasteiger charge is -2.19. The van der Waals surface area contributed by atoms with Gasteiger partial charge in [-0.2, -0.15) is 5.26 Å². The lowest BCUT2D eigenvalue weighted by molar-refractivity contribution is 0.589. The monoisotopic (exact) mass is 290 g/mol. The summed E-state index contributed by atoms with van der Waals surface area (Å²) in [6.07, 6.45) is 0. The van der Waals surface area contributed by atoms with Gasteiger partial charge in [-0.05, 0) is 36.4 Å². The Kier molecular flexibility index (Phi) is 3.72. The zero-order valence-corrected chi connectivity index (χ0v) is 11.4. The van der Waals surface area contributed by atoms with Crippen molar-refractivity contribution < 1.29 is 12.8 Å². The minimum Gasteiger partial charge on any atom is -0.269 e. The summed E-state index contributed by atoms with van der Waals surface area (Å²) in [5.74, 6) is -0.620. The Hall–Kier alpha value is -2.39. The van der Waals surface area contributed by atoms with Gasteiger partial charge in [0.25, 0.3) is 10.0 Å². The number of hydrogen-bond donors (Lipinski definition) is 0. The smallest absolute Gasteiger partial charge is 0.264 e. The van der Waals surface area contributed by atoms with Crippen molar-refractivity contribution in [3.8, 4) is 6.07 Å². The van der Waals surface area contributed by atoms with Gasteiger partial charge in [-0.25, -0.2) is 12.8 Å². The maximum atomic E-state index is 13.2. The molecule has 0 radical (unpaired) electrons. The average molecular weight is 290 g/mol. The molecule has 0 aliphatic rings. The third-order valence-electron chi connectivity index (χ3n) is 2.79. The molecule has 0 N–H and O–H groups in total. The molecule has 2 aromatic carbocycles. The second-order valence-electron chi connectivity index (χ2n) is 4.09. The van der Waals surface area contributed by atoms with Crippen LogP contribution in [0, 0.1) is 17.1 Å². The fourth-order valence-corrected chi connectivity index (χ4v) is 2.92. The Morgan fingerprint density at radius 1 is 1.15 bits per heavy atom. The van der Waals surface area contributed by atoms with Crippen LogP contribution in [0.25, 0.3) is 0 Å². The summed E-state index contributed by atoms with van der Waals surface area (Å²) in [7, 11) is -2.50. The van der Waals surface area contributed by atoms with E-state index in [1.807, 2.05) is 6.07 Å². The van der Waals surface area contributed by atoms with Crippen LogP contribution >= 0.6 is 0 Å². The number of sulfonamides is 1. The molecular weight excluding hydrogens is 279 g/mol. The molecule has 0 spiro atoms. The van der Waals surface area contributed by atoms with Crippen LogP contribution in [0.1, 0.15) is 5.56 Å². The maximum Gasteiger partial charge on any atom is 0.264 e. The van der Waals surface area contributed by atoms with E-state index >= 15 is 0 Å². The highest BCUT2D eigenvalue weighted by Crippen LogP contribution is 2.23. The molecule has 102 valence electrons. The fraction of sp³-hybridized carbons (Fsp3) is 0.0714. The molecule has 0 heterocycles. The molecule has 0 aliphatic carbocycles. The van der Waals surface area contributed by atoms with Gasteiger partial charge in [0.05, 0.1) is 22.2 Å². The Morgan fingerprint density at radius 3 is 2.50 bits per heavy atom. The molecule has 4 nitrogen and oxygen atoms in total. The summed E-state index contributed by atoms with van der Waals surface area (Å²) in [6.45, 7) is 0. The summed E-state index contributed by atoms with van der Waals surface area (Å²) in [5.41, 5.74) is 0.692. The van der Waals surface area contributed by atoms with Crippen molar-refractivity contribution in [3.05, 3.63) is 59.9 Å². The minimum absolute atomic E-state index is 0.137. The van der Waals surface area contributed by atoms with Crippen molar-refractivity contribution >= 4 is 15.7 Å². The van der Waals surface area contributed by atoms with Gasteiger partial charge < -0.3 is 0 Å². The molecule has 6 heteroatoms. The van der Waals surface area contributed by atoms with Crippen molar-refractivity contribution in [1.29, 1.82) is 5.26 Å². The Balaban J connectivity index is 2.46. The second kappa shape index (κ2) is 5.31. The van der Waals surface area contributed by atoms with E-state index in [2.05, 4.69) is 0 Å². The van der Waals surface area contributed by atoms with Crippen molar-refractivity contribution in [2.75, 3.05) is 11.4 Å². The highest BCUT2D eigenvalue weighted by Gasteiger charge is 2.21. The first-order valence-corrected chi connectivity index (χ1v) is 7.14. The van der Waals surface area contributed by atoms with Crippen LogP contribution in [0.4, 0.5) is 10.1 Å². The van der Waals surface area contributed by atoms with Crippen molar-refractivity contribution in [1.82, 2.24) is 0 Å². The Morgan fingerprint density at radius 2 is 1.85 bits per heavy atom. The second-order valence-corrected chi connectivity index (χ2v) is 6.06. The normalized spacial score (nSPS) is 10.8. The van der Waals surface area contributed by atoms with Crippen LogP contribution in [0.5, 0.6) is 0 Å². The van der Waals surface area contributed by atoms with Crippen LogP contribution < -0.4 is 4.31 Å². The lowest BCUT2D eigenvalue weighted by Crippen LogP contribution is -2.26. The van der Waals surface area contributed by atoms with Crippen molar-refractivity contribution in [2.24, 2.45) is 0 Å². The van der Waals surface area contributed by atoms with E-state index in [-0.39, 0.29) is 4.90 Å². The molecule has 20 heavy (non-hydrogen) atoms. The van der Waals surface area contributed by atoms with Crippen LogP contribution in [0.2, 0.25) is 0 Å². The number of halogens is 1. The van der Waals surface area contributed by atoms with E-state index < -0.39 is 15.8 Å². The first-order valence-electron chi connectivity index (χ1n) is 5.70. The fourth-order valence-electron chi connectivity index (χ4n) is 1.70. The standard InChI is InChI=1S/C14H11FN2O2S/c1-17(13-6-2-4-11(8-13)10-16)20(18,19)14-7-3-5-12(15)9-14/h2-9H,1H3. The number of anilines is 1. The zero-order valence-electron chi connectivity index (χ0n) is 10.6. The molecule has 2 aromatic rings. The highest BCUT2D eigenvalue weighted by atomic mass is 32.2. The van der Waals surface area contributed by atoms with E-state index in [1.165, 1.54) is 31.3 Å². The summed E-state index contributed by atoms with van der Waals surface area (Å²) in [5, 5.41) is 8.83. The van der Waals surface area contributed by atoms with Gasteiger partial charge in [0.15, 0.2) is 0 Å². The highest BCUT2D eigenvalue weighted by molar-refractivity contribution is 7.92. The Labute approximate surface area is 116 Å². The Bertz CT molecular complexity index is 782. The number of nitriles is 1. The molecule has 0 saturated heterocycles. The molecule has 0 atom stereocenters. The number of benzene rings is 2. The van der Waals surface area contributed by atoms with E-state index in [9.17, 15) is 12.8 Å². The van der Waals surface area contributed by atoms with Crippen LogP contribution in [-0.4, -0.2) is 15.5 Å². The number of hydrogen-bond acceptors (Lipinski definition) is 3. The summed E-state index contributed by atoms with van der Waals surface area (Å²) < 4.78 is 38.9. The minimum atomic E-state index is -3.86. The van der Waals surface area contributed by atoms with Gasteiger partial charge in [0, 0.05) is 7.05 Å². The summed E-state index contributed by atoms with van der Waals surface area (Å²) in [6, 6.07) is 12.9. The SMILES string of the molecule is CN(c1cccc(C#N)c1)S(=O)(=O)c1cccc(F)c1. The van der Waals surface area contributed by atoms with Gasteiger partial charge in [-0.3, -0.25) is 4.31 Å². The first kappa shape index (κ1) is 14.0. The molecular formula is C14H11FN2O2S. The predicted molar refractivity (Wildman–Crippen MR) is 73.1 cm³/mol. The molecule has 0 aromatic heterocycles. The van der Waals surface area contributed by atoms with Crippen molar-refractivity contribution in [3.63, 3.8) is 0 Å². The summed E-state index contributed by atoms with van der Waals surface area (Å²) in [4.78, 5) is -0.137. The van der Waals surface area contributed by atoms with Crippen molar-refractivity contribution in [2.45, 2.75) is 4.90 Å². The summed E-state index contributed by atoms with van der Waals surface area (Å²) >= 11 is 0. The quantitative estimate of drug-likeness (QED) is 0.872. The molecule has 0 aliphatic heterocycles. The van der Waals surface area contributed by atoms with Gasteiger partial charge in [0.1, 0.15) is 5.82 Å². The third-order valence-corrected chi connectivity index (χ3v) is 4.57. The maximum absolute atomic E-state index is 13.2. The topological polar surface area (TPSA) is 61.2 Å². The number of nitrogens with zero attached hydrogens (tertiary/aromatic N) is 2. The zero-order chi connectivity index (χ0) is 14.8. The molecule has 2 rings (SSSR count). The lowest BCUT2D eigenvalue weighted by atomic mass is 10.2. The molecule has 0 saturated carbocycles.